The van der Waals surface area contributed by atoms with Crippen LogP contribution in [-0.4, -0.2) is 51.8 Å². The average molecular weight is 373 g/mol. The van der Waals surface area contributed by atoms with Crippen LogP contribution in [0.4, 0.5) is 18.0 Å². The molecule has 9 heteroatoms. The fourth-order valence-electron chi connectivity index (χ4n) is 1.66. The highest BCUT2D eigenvalue weighted by Crippen LogP contribution is 2.41. The highest BCUT2D eigenvalue weighted by molar-refractivity contribution is 8.01. The van der Waals surface area contributed by atoms with E-state index in [1.807, 2.05) is 0 Å². The minimum Gasteiger partial charge on any atom is -0.444 e. The van der Waals surface area contributed by atoms with Crippen LogP contribution in [0.25, 0.3) is 0 Å². The lowest BCUT2D eigenvalue weighted by Crippen LogP contribution is -2.48. The predicted molar refractivity (Wildman–Crippen MR) is 88.7 cm³/mol. The third kappa shape index (κ3) is 8.56. The molecule has 0 aliphatic carbocycles. The highest BCUT2D eigenvalue weighted by Gasteiger charge is 2.49. The van der Waals surface area contributed by atoms with Crippen molar-refractivity contribution in [3.63, 3.8) is 0 Å². The number of alkyl carbamates (subject to hydrolysis) is 1. The number of hydrogen-bond donors (Lipinski definition) is 1. The topological polar surface area (TPSA) is 72.5 Å². The molecular weight excluding hydrogens is 347 g/mol. The van der Waals surface area contributed by atoms with Crippen molar-refractivity contribution < 1.29 is 31.7 Å². The largest absolute Gasteiger partial charge is 0.444 e. The molecule has 5 nitrogen and oxygen atoms in total. The van der Waals surface area contributed by atoms with Crippen LogP contribution in [-0.2, 0) is 19.1 Å². The van der Waals surface area contributed by atoms with Crippen molar-refractivity contribution in [2.75, 3.05) is 12.5 Å². The van der Waals surface area contributed by atoms with E-state index in [0.717, 1.165) is 19.2 Å². The van der Waals surface area contributed by atoms with Crippen molar-refractivity contribution >= 4 is 26.8 Å². The number of halogens is 3. The Balaban J connectivity index is 5.51. The molecule has 142 valence electrons. The van der Waals surface area contributed by atoms with E-state index in [1.165, 1.54) is 12.5 Å². The number of alkyl halides is 3. The summed E-state index contributed by atoms with van der Waals surface area (Å²) in [6.07, 6.45) is -3.71. The first kappa shape index (κ1) is 22.8. The van der Waals surface area contributed by atoms with Gasteiger partial charge in [-0.1, -0.05) is 13.8 Å². The molecule has 0 radical (unpaired) electrons. The van der Waals surface area contributed by atoms with Gasteiger partial charge in [-0.15, -0.1) is 0 Å². The molecule has 1 amide bonds. The van der Waals surface area contributed by atoms with E-state index in [1.54, 1.807) is 20.8 Å². The molecule has 0 saturated heterocycles. The lowest BCUT2D eigenvalue weighted by atomic mass is 9.84. The van der Waals surface area contributed by atoms with Crippen molar-refractivity contribution in [3.8, 4) is 0 Å². The van der Waals surface area contributed by atoms with Crippen LogP contribution in [0.5, 0.6) is 0 Å². The molecule has 0 aliphatic heterocycles. The van der Waals surface area contributed by atoms with Crippen molar-refractivity contribution in [3.05, 3.63) is 0 Å². The minimum atomic E-state index is -4.57. The number of ether oxygens (including phenoxy) is 1. The van der Waals surface area contributed by atoms with Gasteiger partial charge in [0.2, 0.25) is 0 Å². The molecule has 24 heavy (non-hydrogen) atoms. The fourth-order valence-corrected chi connectivity index (χ4v) is 2.38. The standard InChI is InChI=1S/C15H26F3NO4S/c1-13(2,3)23-12(21)19-10(11(20)9-24(6,7)22)8-14(4,5)15(16,17)18/h9-10H,8H2,1-7H3,(H,19,21)/t10-/m0/s1. The van der Waals surface area contributed by atoms with Crippen LogP contribution in [0.1, 0.15) is 41.0 Å². The molecule has 0 aliphatic rings. The quantitative estimate of drug-likeness (QED) is 0.752. The van der Waals surface area contributed by atoms with Gasteiger partial charge in [-0.2, -0.15) is 13.2 Å². The second kappa shape index (κ2) is 7.33. The van der Waals surface area contributed by atoms with Gasteiger partial charge in [0.1, 0.15) is 5.60 Å². The fraction of sp³-hybridized carbons (Fsp3) is 0.800. The SMILES string of the molecule is CC(C)(C)OC(=O)N[C@@H](CC(C)(C)C(F)(F)F)C(=O)C=S(C)(C)=O. The van der Waals surface area contributed by atoms with Crippen LogP contribution >= 0.6 is 0 Å². The molecule has 0 aromatic carbocycles. The summed E-state index contributed by atoms with van der Waals surface area (Å²) >= 11 is 0. The molecule has 0 aromatic rings. The Morgan fingerprint density at radius 1 is 1.12 bits per heavy atom. The number of amides is 1. The summed E-state index contributed by atoms with van der Waals surface area (Å²) in [5, 5.41) is 3.01. The molecule has 0 bridgehead atoms. The van der Waals surface area contributed by atoms with Gasteiger partial charge in [-0.05, 0) is 36.7 Å². The maximum Gasteiger partial charge on any atom is 0.408 e. The molecule has 1 atom stereocenters. The monoisotopic (exact) mass is 373 g/mol. The number of hydrogen-bond acceptors (Lipinski definition) is 4. The summed E-state index contributed by atoms with van der Waals surface area (Å²) in [6.45, 7) is 6.61. The van der Waals surface area contributed by atoms with E-state index >= 15 is 0 Å². The number of carbonyl (C=O) groups excluding carboxylic acids is 2. The van der Waals surface area contributed by atoms with E-state index in [4.69, 9.17) is 4.74 Å². The van der Waals surface area contributed by atoms with Crippen LogP contribution < -0.4 is 5.32 Å². The number of Topliss-reactive ketones (excluding diaryl/α,β-unsaturated/α-hetero) is 1. The maximum absolute atomic E-state index is 13.1. The zero-order valence-corrected chi connectivity index (χ0v) is 15.9. The number of ketones is 1. The molecule has 0 spiro atoms. The van der Waals surface area contributed by atoms with Crippen LogP contribution in [0, 0.1) is 5.41 Å². The van der Waals surface area contributed by atoms with Crippen molar-refractivity contribution in [1.29, 1.82) is 0 Å². The molecule has 0 aromatic heterocycles. The van der Waals surface area contributed by atoms with Gasteiger partial charge in [0.25, 0.3) is 0 Å². The minimum absolute atomic E-state index is 0.694. The van der Waals surface area contributed by atoms with E-state index in [9.17, 15) is 27.0 Å². The molecular formula is C15H26F3NO4S. The first-order valence-corrected chi connectivity index (χ1v) is 9.67. The molecule has 1 N–H and O–H groups in total. The Morgan fingerprint density at radius 3 is 1.92 bits per heavy atom. The van der Waals surface area contributed by atoms with Gasteiger partial charge in [0, 0.05) is 17.9 Å². The van der Waals surface area contributed by atoms with Gasteiger partial charge in [-0.3, -0.25) is 9.00 Å². The van der Waals surface area contributed by atoms with E-state index in [2.05, 4.69) is 5.32 Å². The van der Waals surface area contributed by atoms with E-state index in [0.29, 0.717) is 0 Å². The van der Waals surface area contributed by atoms with Gasteiger partial charge in [-0.25, -0.2) is 4.79 Å². The second-order valence-electron chi connectivity index (χ2n) is 7.61. The smallest absolute Gasteiger partial charge is 0.408 e. The normalized spacial score (nSPS) is 14.8. The number of rotatable bonds is 5. The Morgan fingerprint density at radius 2 is 1.58 bits per heavy atom. The second-order valence-corrected chi connectivity index (χ2v) is 10.5. The summed E-state index contributed by atoms with van der Waals surface area (Å²) in [5.74, 6) is -0.840. The maximum atomic E-state index is 13.1. The highest BCUT2D eigenvalue weighted by atomic mass is 32.2. The Bertz CT molecular complexity index is 589. The number of nitrogens with one attached hydrogen (secondary N) is 1. The molecule has 0 saturated carbocycles. The van der Waals surface area contributed by atoms with Crippen molar-refractivity contribution in [1.82, 2.24) is 5.32 Å². The predicted octanol–water partition coefficient (Wildman–Crippen LogP) is 2.77. The first-order chi connectivity index (χ1) is 10.3. The molecule has 0 rings (SSSR count). The third-order valence-corrected chi connectivity index (χ3v) is 3.72. The van der Waals surface area contributed by atoms with Gasteiger partial charge < -0.3 is 10.1 Å². The van der Waals surface area contributed by atoms with Crippen molar-refractivity contribution in [2.24, 2.45) is 5.41 Å². The summed E-state index contributed by atoms with van der Waals surface area (Å²) in [4.78, 5) is 24.0. The molecule has 0 fully saturated rings. The first-order valence-electron chi connectivity index (χ1n) is 7.23. The lowest BCUT2D eigenvalue weighted by molar-refractivity contribution is -0.215. The number of carbonyl (C=O) groups is 2. The third-order valence-electron chi connectivity index (χ3n) is 2.92. The van der Waals surface area contributed by atoms with Gasteiger partial charge in [0.05, 0.1) is 11.5 Å². The van der Waals surface area contributed by atoms with Crippen LogP contribution in [0.15, 0.2) is 0 Å². The van der Waals surface area contributed by atoms with E-state index < -0.39 is 51.1 Å². The summed E-state index contributed by atoms with van der Waals surface area (Å²) < 4.78 is 56.0. The van der Waals surface area contributed by atoms with Crippen LogP contribution in [0.3, 0.4) is 0 Å². The molecule has 0 heterocycles. The lowest BCUT2D eigenvalue weighted by Gasteiger charge is -2.31. The summed E-state index contributed by atoms with van der Waals surface area (Å²) in [7, 11) is -2.63. The van der Waals surface area contributed by atoms with E-state index in [-0.39, 0.29) is 0 Å². The summed E-state index contributed by atoms with van der Waals surface area (Å²) in [5.41, 5.74) is -3.09. The van der Waals surface area contributed by atoms with Crippen LogP contribution in [0.2, 0.25) is 0 Å². The Labute approximate surface area is 141 Å². The zero-order chi connectivity index (χ0) is 19.6. The van der Waals surface area contributed by atoms with Crippen molar-refractivity contribution in [2.45, 2.75) is 58.9 Å². The average Bonchev–Trinajstić information content (AvgIpc) is 2.20. The Kier molecular flexibility index (Phi) is 6.95. The summed E-state index contributed by atoms with van der Waals surface area (Å²) in [6, 6.07) is -1.49. The zero-order valence-electron chi connectivity index (χ0n) is 15.0. The Hall–Kier alpha value is -1.25. The van der Waals surface area contributed by atoms with Gasteiger partial charge in [0.15, 0.2) is 5.78 Å². The molecule has 0 unspecified atom stereocenters. The van der Waals surface area contributed by atoms with Gasteiger partial charge >= 0.3 is 12.3 Å².